The molecule has 0 spiro atoms. The van der Waals surface area contributed by atoms with Crippen molar-refractivity contribution in [2.75, 3.05) is 60.8 Å². The molecule has 10 heteroatoms. The first-order valence-electron chi connectivity index (χ1n) is 12.0. The minimum atomic E-state index is -3.69. The van der Waals surface area contributed by atoms with Gasteiger partial charge in [0.05, 0.1) is 47.8 Å². The Morgan fingerprint density at radius 1 is 0.917 bits per heavy atom. The highest BCUT2D eigenvalue weighted by Crippen LogP contribution is 2.64. The second kappa shape index (κ2) is 11.7. The van der Waals surface area contributed by atoms with Gasteiger partial charge < -0.3 is 32.4 Å². The highest BCUT2D eigenvalue weighted by molar-refractivity contribution is 7.54. The Morgan fingerprint density at radius 3 is 2.08 bits per heavy atom. The Labute approximate surface area is 211 Å². The first kappa shape index (κ1) is 26.5. The fraction of sp³-hybridized carbons (Fsp3) is 0.462. The van der Waals surface area contributed by atoms with E-state index in [1.807, 2.05) is 30.3 Å². The van der Waals surface area contributed by atoms with Crippen LogP contribution in [0, 0.1) is 0 Å². The average molecular weight is 520 g/mol. The smallest absolute Gasteiger partial charge is 0.355 e. The Morgan fingerprint density at radius 2 is 1.53 bits per heavy atom. The van der Waals surface area contributed by atoms with E-state index in [0.717, 1.165) is 22.3 Å². The van der Waals surface area contributed by atoms with E-state index in [2.05, 4.69) is 4.90 Å². The first-order chi connectivity index (χ1) is 17.5. The molecule has 0 aliphatic carbocycles. The zero-order valence-electron chi connectivity index (χ0n) is 21.4. The van der Waals surface area contributed by atoms with Gasteiger partial charge in [-0.2, -0.15) is 0 Å². The molecular weight excluding hydrogens is 485 g/mol. The first-order valence-corrected chi connectivity index (χ1v) is 13.6. The maximum absolute atomic E-state index is 14.4. The van der Waals surface area contributed by atoms with Gasteiger partial charge >= 0.3 is 7.60 Å². The van der Waals surface area contributed by atoms with Crippen LogP contribution in [0.15, 0.2) is 40.8 Å². The average Bonchev–Trinajstić information content (AvgIpc) is 3.26. The Bertz CT molecular complexity index is 1190. The van der Waals surface area contributed by atoms with Gasteiger partial charge in [-0.3, -0.25) is 9.46 Å². The zero-order valence-corrected chi connectivity index (χ0v) is 22.3. The molecule has 1 aromatic heterocycles. The molecule has 1 fully saturated rings. The van der Waals surface area contributed by atoms with Gasteiger partial charge in [-0.15, -0.1) is 0 Å². The van der Waals surface area contributed by atoms with Gasteiger partial charge in [-0.05, 0) is 37.6 Å². The second-order valence-electron chi connectivity index (χ2n) is 8.17. The molecule has 1 saturated heterocycles. The number of hydrogen-bond donors (Lipinski definition) is 0. The predicted octanol–water partition coefficient (Wildman–Crippen LogP) is 5.72. The van der Waals surface area contributed by atoms with Crippen molar-refractivity contribution in [2.45, 2.75) is 19.6 Å². The van der Waals surface area contributed by atoms with Crippen molar-refractivity contribution in [1.82, 2.24) is 4.90 Å². The number of furan rings is 1. The minimum absolute atomic E-state index is 0.234. The summed E-state index contributed by atoms with van der Waals surface area (Å²) < 4.78 is 54.7. The minimum Gasteiger partial charge on any atom is -0.497 e. The van der Waals surface area contributed by atoms with Crippen LogP contribution >= 0.6 is 7.60 Å². The summed E-state index contributed by atoms with van der Waals surface area (Å²) in [6.07, 6.45) is 0. The summed E-state index contributed by atoms with van der Waals surface area (Å²) in [4.78, 5) is 2.06. The predicted molar refractivity (Wildman–Crippen MR) is 137 cm³/mol. The van der Waals surface area contributed by atoms with Crippen molar-refractivity contribution in [3.8, 4) is 28.4 Å². The van der Waals surface area contributed by atoms with Crippen LogP contribution in [0.25, 0.3) is 22.1 Å². The summed E-state index contributed by atoms with van der Waals surface area (Å²) in [7, 11) is 1.10. The number of benzene rings is 2. The summed E-state index contributed by atoms with van der Waals surface area (Å²) in [5, 5.41) is 0.797. The Kier molecular flexibility index (Phi) is 8.59. The van der Waals surface area contributed by atoms with E-state index >= 15 is 0 Å². The summed E-state index contributed by atoms with van der Waals surface area (Å²) in [6, 6.07) is 11.3. The van der Waals surface area contributed by atoms with Crippen LogP contribution in [0.4, 0.5) is 0 Å². The van der Waals surface area contributed by atoms with Crippen LogP contribution in [-0.2, 0) is 18.3 Å². The van der Waals surface area contributed by atoms with Crippen molar-refractivity contribution in [3.63, 3.8) is 0 Å². The lowest BCUT2D eigenvalue weighted by Crippen LogP contribution is -2.39. The van der Waals surface area contributed by atoms with Gasteiger partial charge in [-0.1, -0.05) is 12.1 Å². The highest BCUT2D eigenvalue weighted by atomic mass is 31.2. The van der Waals surface area contributed by atoms with Gasteiger partial charge in [0.1, 0.15) is 17.1 Å². The molecular formula is C26H34NO8P. The maximum Gasteiger partial charge on any atom is 0.355 e. The Balaban J connectivity index is 2.02. The number of methoxy groups -OCH3 is 3. The molecule has 1 atom stereocenters. The van der Waals surface area contributed by atoms with E-state index in [4.69, 9.17) is 32.4 Å². The van der Waals surface area contributed by atoms with Gasteiger partial charge in [0.15, 0.2) is 17.3 Å². The van der Waals surface area contributed by atoms with E-state index in [9.17, 15) is 4.57 Å². The van der Waals surface area contributed by atoms with Crippen molar-refractivity contribution in [3.05, 3.63) is 42.2 Å². The van der Waals surface area contributed by atoms with Crippen LogP contribution in [0.5, 0.6) is 17.2 Å². The lowest BCUT2D eigenvalue weighted by Gasteiger charge is -2.36. The molecule has 0 saturated carbocycles. The quantitative estimate of drug-likeness (QED) is 0.295. The second-order valence-corrected chi connectivity index (χ2v) is 10.3. The fourth-order valence-electron chi connectivity index (χ4n) is 4.55. The van der Waals surface area contributed by atoms with E-state index < -0.39 is 13.4 Å². The number of nitrogens with zero attached hydrogens (tertiary/aromatic N) is 1. The van der Waals surface area contributed by atoms with Gasteiger partial charge in [0, 0.05) is 30.1 Å². The van der Waals surface area contributed by atoms with Crippen LogP contribution < -0.4 is 14.2 Å². The van der Waals surface area contributed by atoms with Crippen LogP contribution in [0.3, 0.4) is 0 Å². The lowest BCUT2D eigenvalue weighted by molar-refractivity contribution is 0.0204. The number of fused-ring (bicyclic) bond motifs is 1. The number of ether oxygens (including phenoxy) is 4. The SMILES string of the molecule is CCOP(=O)(OCC)C(c1oc2cc(OC)c(OC)cc2c1-c1ccc(OC)cc1)N1CCOCC1. The zero-order chi connectivity index (χ0) is 25.7. The molecule has 1 unspecified atom stereocenters. The number of morpholine rings is 1. The molecule has 2 aromatic carbocycles. The third-order valence-electron chi connectivity index (χ3n) is 6.14. The molecule has 0 amide bonds. The van der Waals surface area contributed by atoms with Crippen molar-refractivity contribution >= 4 is 18.6 Å². The van der Waals surface area contributed by atoms with E-state index in [-0.39, 0.29) is 13.2 Å². The summed E-state index contributed by atoms with van der Waals surface area (Å²) in [5.41, 5.74) is 2.23. The summed E-state index contributed by atoms with van der Waals surface area (Å²) >= 11 is 0. The molecule has 2 heterocycles. The molecule has 9 nitrogen and oxygen atoms in total. The van der Waals surface area contributed by atoms with Gasteiger partial charge in [0.25, 0.3) is 0 Å². The number of hydrogen-bond acceptors (Lipinski definition) is 9. The molecule has 3 aromatic rings. The van der Waals surface area contributed by atoms with Crippen molar-refractivity contribution < 1.29 is 37.0 Å². The molecule has 196 valence electrons. The Hall–Kier alpha value is -2.55. The monoisotopic (exact) mass is 519 g/mol. The van der Waals surface area contributed by atoms with Gasteiger partial charge in [0.2, 0.25) is 0 Å². The highest BCUT2D eigenvalue weighted by Gasteiger charge is 2.46. The molecule has 1 aliphatic heterocycles. The fourth-order valence-corrected chi connectivity index (χ4v) is 6.73. The third kappa shape index (κ3) is 5.12. The van der Waals surface area contributed by atoms with Crippen LogP contribution in [0.1, 0.15) is 25.4 Å². The standard InChI is InChI=1S/C26H34NO8P/c1-6-33-36(28,34-7-2)26(27-12-14-32-15-13-27)25-24(18-8-10-19(29-3)11-9-18)20-16-22(30-4)23(31-5)17-21(20)35-25/h8-11,16-17,26H,6-7,12-15H2,1-5H3. The normalized spacial score (nSPS) is 15.7. The largest absolute Gasteiger partial charge is 0.497 e. The van der Waals surface area contributed by atoms with Crippen molar-refractivity contribution in [1.29, 1.82) is 0 Å². The van der Waals surface area contributed by atoms with Gasteiger partial charge in [-0.25, -0.2) is 0 Å². The molecule has 1 aliphatic rings. The third-order valence-corrected chi connectivity index (χ3v) is 8.54. The topological polar surface area (TPSA) is 88.8 Å². The molecule has 0 bridgehead atoms. The van der Waals surface area contributed by atoms with E-state index in [1.165, 1.54) is 0 Å². The van der Waals surface area contributed by atoms with E-state index in [0.29, 0.717) is 49.1 Å². The molecule has 0 N–H and O–H groups in total. The van der Waals surface area contributed by atoms with Crippen LogP contribution in [0.2, 0.25) is 0 Å². The molecule has 0 radical (unpaired) electrons. The van der Waals surface area contributed by atoms with Crippen LogP contribution in [-0.4, -0.2) is 65.7 Å². The molecule has 36 heavy (non-hydrogen) atoms. The lowest BCUT2D eigenvalue weighted by atomic mass is 10.0. The molecule has 4 rings (SSSR count). The van der Waals surface area contributed by atoms with Crippen molar-refractivity contribution in [2.24, 2.45) is 0 Å². The summed E-state index contributed by atoms with van der Waals surface area (Å²) in [5.74, 6) is 1.55. The number of rotatable bonds is 11. The summed E-state index contributed by atoms with van der Waals surface area (Å²) in [6.45, 7) is 6.21. The van der Waals surface area contributed by atoms with E-state index in [1.54, 1.807) is 41.2 Å². The maximum atomic E-state index is 14.4.